The van der Waals surface area contributed by atoms with Crippen molar-refractivity contribution in [3.63, 3.8) is 0 Å². The van der Waals surface area contributed by atoms with Crippen molar-refractivity contribution in [2.45, 2.75) is 36.4 Å². The van der Waals surface area contributed by atoms with Crippen molar-refractivity contribution in [3.8, 4) is 0 Å². The molecule has 0 aromatic carbocycles. The number of sulfonamides is 1. The van der Waals surface area contributed by atoms with Crippen LogP contribution >= 0.6 is 54.8 Å². The highest BCUT2D eigenvalue weighted by Gasteiger charge is 2.29. The Labute approximate surface area is 134 Å². The highest BCUT2D eigenvalue weighted by atomic mass is 79.9. The lowest BCUT2D eigenvalue weighted by molar-refractivity contribution is 0.393. The lowest BCUT2D eigenvalue weighted by atomic mass is 9.98. The molecule has 0 saturated carbocycles. The van der Waals surface area contributed by atoms with Crippen LogP contribution < -0.4 is 4.72 Å². The van der Waals surface area contributed by atoms with Gasteiger partial charge in [-0.3, -0.25) is 0 Å². The van der Waals surface area contributed by atoms with Crippen LogP contribution in [0.2, 0.25) is 5.02 Å². The third kappa shape index (κ3) is 4.18. The zero-order valence-corrected chi connectivity index (χ0v) is 15.5. The molecular formula is C10H14Br2ClNO2S2. The summed E-state index contributed by atoms with van der Waals surface area (Å²) in [5.41, 5.74) is -0.453. The molecule has 0 saturated heterocycles. The first-order valence-electron chi connectivity index (χ1n) is 5.29. The summed E-state index contributed by atoms with van der Waals surface area (Å²) in [5.74, 6) is 0. The molecule has 3 nitrogen and oxygen atoms in total. The molecule has 0 aliphatic carbocycles. The van der Waals surface area contributed by atoms with Crippen LogP contribution in [-0.2, 0) is 10.0 Å². The number of rotatable bonds is 6. The van der Waals surface area contributed by atoms with Gasteiger partial charge in [0.25, 0.3) is 10.0 Å². The minimum absolute atomic E-state index is 0.230. The maximum Gasteiger partial charge on any atom is 0.250 e. The van der Waals surface area contributed by atoms with E-state index in [2.05, 4.69) is 36.6 Å². The third-order valence-electron chi connectivity index (χ3n) is 2.69. The van der Waals surface area contributed by atoms with E-state index in [1.165, 1.54) is 6.07 Å². The first-order valence-corrected chi connectivity index (χ1v) is 9.88. The topological polar surface area (TPSA) is 46.2 Å². The second kappa shape index (κ2) is 6.54. The van der Waals surface area contributed by atoms with Gasteiger partial charge < -0.3 is 0 Å². The van der Waals surface area contributed by atoms with E-state index in [-0.39, 0.29) is 4.21 Å². The van der Waals surface area contributed by atoms with E-state index in [0.717, 1.165) is 29.5 Å². The predicted octanol–water partition coefficient (Wildman–Crippen LogP) is 4.40. The quantitative estimate of drug-likeness (QED) is 0.668. The second-order valence-electron chi connectivity index (χ2n) is 4.15. The molecule has 0 fully saturated rings. The molecule has 1 aromatic heterocycles. The van der Waals surface area contributed by atoms with Crippen molar-refractivity contribution in [1.82, 2.24) is 4.72 Å². The fourth-order valence-electron chi connectivity index (χ4n) is 1.34. The minimum atomic E-state index is -3.52. The van der Waals surface area contributed by atoms with Crippen LogP contribution in [0.15, 0.2) is 14.1 Å². The van der Waals surface area contributed by atoms with Crippen molar-refractivity contribution in [2.24, 2.45) is 0 Å². The normalized spacial score (nSPS) is 15.6. The van der Waals surface area contributed by atoms with Crippen molar-refractivity contribution in [3.05, 3.63) is 14.9 Å². The zero-order valence-electron chi connectivity index (χ0n) is 9.97. The Bertz CT molecular complexity index is 498. The first-order chi connectivity index (χ1) is 8.24. The van der Waals surface area contributed by atoms with E-state index < -0.39 is 15.6 Å². The van der Waals surface area contributed by atoms with Crippen LogP contribution in [0, 0.1) is 0 Å². The van der Waals surface area contributed by atoms with Crippen LogP contribution in [0.5, 0.6) is 0 Å². The van der Waals surface area contributed by atoms with Crippen molar-refractivity contribution in [1.29, 1.82) is 0 Å². The molecule has 1 rings (SSSR count). The molecule has 0 bridgehead atoms. The van der Waals surface area contributed by atoms with Gasteiger partial charge in [0.1, 0.15) is 4.21 Å². The molecule has 1 N–H and O–H groups in total. The van der Waals surface area contributed by atoms with Crippen LogP contribution in [0.3, 0.4) is 0 Å². The molecule has 0 aliphatic rings. The molecule has 0 aliphatic heterocycles. The average molecular weight is 440 g/mol. The molecule has 1 unspecified atom stereocenters. The van der Waals surface area contributed by atoms with Gasteiger partial charge in [-0.25, -0.2) is 13.1 Å². The Hall–Kier alpha value is 0.860. The van der Waals surface area contributed by atoms with Gasteiger partial charge in [0.2, 0.25) is 0 Å². The molecule has 1 heterocycles. The number of alkyl halides is 1. The Morgan fingerprint density at radius 1 is 1.56 bits per heavy atom. The third-order valence-corrected chi connectivity index (χ3v) is 7.68. The van der Waals surface area contributed by atoms with Gasteiger partial charge in [0.15, 0.2) is 0 Å². The van der Waals surface area contributed by atoms with Gasteiger partial charge in [0.05, 0.1) is 8.81 Å². The Balaban J connectivity index is 3.01. The summed E-state index contributed by atoms with van der Waals surface area (Å²) in [6.07, 6.45) is 1.45. The number of nitrogens with one attached hydrogen (secondary N) is 1. The fraction of sp³-hybridized carbons (Fsp3) is 0.600. The summed E-state index contributed by atoms with van der Waals surface area (Å²) in [6.45, 7) is 3.86. The molecule has 18 heavy (non-hydrogen) atoms. The van der Waals surface area contributed by atoms with Crippen LogP contribution in [0.4, 0.5) is 0 Å². The predicted molar refractivity (Wildman–Crippen MR) is 84.5 cm³/mol. The molecule has 1 atom stereocenters. The number of hydrogen-bond donors (Lipinski definition) is 1. The highest BCUT2D eigenvalue weighted by Crippen LogP contribution is 2.35. The Morgan fingerprint density at radius 3 is 2.56 bits per heavy atom. The minimum Gasteiger partial charge on any atom is -0.206 e. The van der Waals surface area contributed by atoms with Crippen molar-refractivity contribution >= 4 is 64.8 Å². The lowest BCUT2D eigenvalue weighted by Gasteiger charge is -2.28. The number of hydrogen-bond acceptors (Lipinski definition) is 3. The fourth-order valence-corrected chi connectivity index (χ4v) is 6.12. The van der Waals surface area contributed by atoms with Crippen LogP contribution in [-0.4, -0.2) is 19.3 Å². The monoisotopic (exact) mass is 437 g/mol. The average Bonchev–Trinajstić information content (AvgIpc) is 2.60. The molecule has 0 amide bonds. The van der Waals surface area contributed by atoms with Gasteiger partial charge in [-0.05, 0) is 41.8 Å². The first kappa shape index (κ1) is 16.9. The molecule has 104 valence electrons. The van der Waals surface area contributed by atoms with Gasteiger partial charge in [0, 0.05) is 10.9 Å². The number of halogens is 3. The van der Waals surface area contributed by atoms with Crippen molar-refractivity contribution < 1.29 is 8.42 Å². The summed E-state index contributed by atoms with van der Waals surface area (Å²) in [4.78, 5) is 0. The summed E-state index contributed by atoms with van der Waals surface area (Å²) < 4.78 is 28.1. The highest BCUT2D eigenvalue weighted by molar-refractivity contribution is 9.11. The summed E-state index contributed by atoms with van der Waals surface area (Å²) in [6, 6.07) is 1.46. The smallest absolute Gasteiger partial charge is 0.206 e. The summed E-state index contributed by atoms with van der Waals surface area (Å²) >= 11 is 13.5. The summed E-state index contributed by atoms with van der Waals surface area (Å²) in [7, 11) is -3.52. The Kier molecular flexibility index (Phi) is 6.15. The second-order valence-corrected chi connectivity index (χ2v) is 9.63. The van der Waals surface area contributed by atoms with Crippen LogP contribution in [0.1, 0.15) is 26.7 Å². The maximum absolute atomic E-state index is 12.3. The molecule has 1 aromatic rings. The van der Waals surface area contributed by atoms with Crippen LogP contribution in [0.25, 0.3) is 0 Å². The largest absolute Gasteiger partial charge is 0.250 e. The summed E-state index contributed by atoms with van der Waals surface area (Å²) in [5, 5.41) is 1.16. The van der Waals surface area contributed by atoms with E-state index >= 15 is 0 Å². The van der Waals surface area contributed by atoms with Gasteiger partial charge in [-0.2, -0.15) is 0 Å². The molecule has 0 radical (unpaired) electrons. The molecule has 8 heteroatoms. The number of thiophene rings is 1. The van der Waals surface area contributed by atoms with Gasteiger partial charge >= 0.3 is 0 Å². The maximum atomic E-state index is 12.3. The SMILES string of the molecule is CCC(C)(CCBr)NS(=O)(=O)c1cc(Cl)c(Br)s1. The molecule has 0 spiro atoms. The Morgan fingerprint density at radius 2 is 2.17 bits per heavy atom. The van der Waals surface area contributed by atoms with E-state index in [1.54, 1.807) is 0 Å². The van der Waals surface area contributed by atoms with E-state index in [4.69, 9.17) is 11.6 Å². The van der Waals surface area contributed by atoms with Gasteiger partial charge in [-0.15, -0.1) is 11.3 Å². The van der Waals surface area contributed by atoms with E-state index in [9.17, 15) is 8.42 Å². The van der Waals surface area contributed by atoms with Crippen molar-refractivity contribution in [2.75, 3.05) is 5.33 Å². The lowest BCUT2D eigenvalue weighted by Crippen LogP contribution is -2.45. The standard InChI is InChI=1S/C10H14Br2ClNO2S2/c1-3-10(2,4-5-11)14-18(15,16)8-6-7(13)9(12)17-8/h6,14H,3-5H2,1-2H3. The molecular weight excluding hydrogens is 426 g/mol. The zero-order chi connectivity index (χ0) is 14.0. The van der Waals surface area contributed by atoms with E-state index in [0.29, 0.717) is 8.81 Å². The van der Waals surface area contributed by atoms with E-state index in [1.807, 2.05) is 13.8 Å². The van der Waals surface area contributed by atoms with Gasteiger partial charge in [-0.1, -0.05) is 34.5 Å².